The van der Waals surface area contributed by atoms with Crippen LogP contribution in [-0.4, -0.2) is 70.2 Å². The molecule has 3 saturated heterocycles. The molecule has 52 heavy (non-hydrogen) atoms. The molecule has 0 aliphatic carbocycles. The second-order valence-electron chi connectivity index (χ2n) is 12.5. The molecular weight excluding hydrogens is 736 g/mol. The Kier molecular flexibility index (Phi) is 11.7. The van der Waals surface area contributed by atoms with Crippen molar-refractivity contribution in [3.05, 3.63) is 117 Å². The fraction of sp³-hybridized carbons (Fsp3) is 0.324. The summed E-state index contributed by atoms with van der Waals surface area (Å²) >= 11 is 12.8. The molecule has 2 bridgehead atoms. The maximum atomic E-state index is 14.3. The largest absolute Gasteiger partial charge is 0.493 e. The summed E-state index contributed by atoms with van der Waals surface area (Å²) in [6.45, 7) is 2.41. The van der Waals surface area contributed by atoms with Crippen molar-refractivity contribution < 1.29 is 41.3 Å². The Hall–Kier alpha value is -4.27. The lowest BCUT2D eigenvalue weighted by Gasteiger charge is -2.44. The number of ether oxygens (including phenoxy) is 4. The molecule has 11 nitrogen and oxygen atoms in total. The Bertz CT molecular complexity index is 2020. The van der Waals surface area contributed by atoms with Crippen molar-refractivity contribution in [3.8, 4) is 11.5 Å². The first-order valence-electron chi connectivity index (χ1n) is 16.5. The number of halogens is 3. The van der Waals surface area contributed by atoms with Gasteiger partial charge in [0.1, 0.15) is 24.1 Å². The van der Waals surface area contributed by atoms with Crippen LogP contribution in [-0.2, 0) is 30.7 Å². The number of nitrogens with one attached hydrogen (secondary N) is 1. The van der Waals surface area contributed by atoms with E-state index in [9.17, 15) is 22.4 Å². The molecule has 3 fully saturated rings. The van der Waals surface area contributed by atoms with Gasteiger partial charge in [-0.2, -0.15) is 4.72 Å². The van der Waals surface area contributed by atoms with Crippen molar-refractivity contribution in [2.75, 3.05) is 33.9 Å². The predicted octanol–water partition coefficient (Wildman–Crippen LogP) is 6.34. The molecule has 3 aliphatic rings. The van der Waals surface area contributed by atoms with Crippen LogP contribution in [0.1, 0.15) is 52.0 Å². The van der Waals surface area contributed by atoms with Gasteiger partial charge in [0, 0.05) is 25.4 Å². The van der Waals surface area contributed by atoms with Gasteiger partial charge in [0.15, 0.2) is 11.5 Å². The highest BCUT2D eigenvalue weighted by atomic mass is 35.5. The van der Waals surface area contributed by atoms with E-state index >= 15 is 0 Å². The molecule has 3 aromatic carbocycles. The predicted molar refractivity (Wildman–Crippen MR) is 191 cm³/mol. The molecule has 0 saturated carbocycles. The summed E-state index contributed by atoms with van der Waals surface area (Å²) in [6.07, 6.45) is 3.39. The number of aromatic nitrogens is 1. The van der Waals surface area contributed by atoms with Crippen molar-refractivity contribution in [2.45, 2.75) is 42.4 Å². The van der Waals surface area contributed by atoms with Crippen LogP contribution in [0.25, 0.3) is 0 Å². The normalized spacial score (nSPS) is 19.4. The molecule has 7 rings (SSSR count). The van der Waals surface area contributed by atoms with Gasteiger partial charge < -0.3 is 18.9 Å². The first-order valence-corrected chi connectivity index (χ1v) is 18.7. The quantitative estimate of drug-likeness (QED) is 0.154. The molecule has 0 spiro atoms. The zero-order valence-electron chi connectivity index (χ0n) is 28.3. The third kappa shape index (κ3) is 8.50. The molecule has 3 aliphatic heterocycles. The van der Waals surface area contributed by atoms with Gasteiger partial charge in [0.25, 0.3) is 0 Å². The molecule has 4 heterocycles. The number of carbonyl (C=O) groups is 2. The summed E-state index contributed by atoms with van der Waals surface area (Å²) < 4.78 is 66.6. The molecular formula is C37H36Cl2FN3O8S. The molecule has 4 aromatic rings. The Morgan fingerprint density at radius 2 is 1.63 bits per heavy atom. The van der Waals surface area contributed by atoms with Crippen LogP contribution in [0.2, 0.25) is 10.0 Å². The van der Waals surface area contributed by atoms with Crippen LogP contribution in [0.5, 0.6) is 11.5 Å². The topological polar surface area (TPSA) is 133 Å². The summed E-state index contributed by atoms with van der Waals surface area (Å²) in [5.41, 5.74) is 1.18. The average Bonchev–Trinajstić information content (AvgIpc) is 3.15. The lowest BCUT2D eigenvalue weighted by atomic mass is 9.86. The summed E-state index contributed by atoms with van der Waals surface area (Å²) in [7, 11) is -1.41. The Balaban J connectivity index is 1.22. The number of carbonyl (C=O) groups excluding carboxylic acids is 2. The van der Waals surface area contributed by atoms with Gasteiger partial charge in [-0.1, -0.05) is 41.4 Å². The van der Waals surface area contributed by atoms with Crippen LogP contribution >= 0.6 is 23.2 Å². The lowest BCUT2D eigenvalue weighted by Crippen LogP contribution is -2.52. The van der Waals surface area contributed by atoms with Gasteiger partial charge in [-0.3, -0.25) is 9.88 Å². The average molecular weight is 773 g/mol. The zero-order valence-corrected chi connectivity index (χ0v) is 30.6. The number of piperidine rings is 3. The summed E-state index contributed by atoms with van der Waals surface area (Å²) in [4.78, 5) is 33.0. The van der Waals surface area contributed by atoms with E-state index in [2.05, 4.69) is 14.6 Å². The fourth-order valence-electron chi connectivity index (χ4n) is 6.49. The maximum absolute atomic E-state index is 14.3. The lowest BCUT2D eigenvalue weighted by molar-refractivity contribution is -0.161. The monoisotopic (exact) mass is 771 g/mol. The second-order valence-corrected chi connectivity index (χ2v) is 15.1. The summed E-state index contributed by atoms with van der Waals surface area (Å²) in [5, 5.41) is 0.556. The zero-order chi connectivity index (χ0) is 37.0. The molecule has 2 unspecified atom stereocenters. The minimum absolute atomic E-state index is 0.0415. The molecule has 274 valence electrons. The van der Waals surface area contributed by atoms with Crippen LogP contribution in [0.15, 0.2) is 84.0 Å². The van der Waals surface area contributed by atoms with E-state index in [1.165, 1.54) is 69.1 Å². The van der Waals surface area contributed by atoms with E-state index in [1.807, 2.05) is 0 Å². The standard InChI is InChI=1S/C37H36Cl2FN3O8S/c1-48-31-11-8-24(17-33(31)49-2)32(18-28-29(38)19-41-20-30(28)39)50-36(44)23-6-9-27(10-7-23)52(46,47)42-35(25-4-3-5-26(40)16-25)37(45)51-34-21-43-14-12-22(34)13-15-43/h3-11,16-17,19-20,22,32,34-35,42H,12-15,18,21H2,1-2H3/t32?,34-,35?/m0/s1. The number of sulfonamides is 1. The van der Waals surface area contributed by atoms with E-state index in [4.69, 9.17) is 42.1 Å². The number of rotatable bonds is 13. The SMILES string of the molecule is COc1ccc(C(Cc2c(Cl)cncc2Cl)OC(=O)c2ccc(S(=O)(=O)NC(C(=O)O[C@H]3CN4CCC3CC4)c3cccc(F)c3)cc2)cc1OC. The van der Waals surface area contributed by atoms with Crippen LogP contribution in [0.3, 0.4) is 0 Å². The second kappa shape index (κ2) is 16.2. The third-order valence-corrected chi connectivity index (χ3v) is 11.4. The first-order chi connectivity index (χ1) is 24.9. The van der Waals surface area contributed by atoms with Crippen molar-refractivity contribution in [3.63, 3.8) is 0 Å². The van der Waals surface area contributed by atoms with Crippen molar-refractivity contribution in [2.24, 2.45) is 5.92 Å². The van der Waals surface area contributed by atoms with Crippen molar-refractivity contribution in [1.82, 2.24) is 14.6 Å². The number of methoxy groups -OCH3 is 2. The van der Waals surface area contributed by atoms with Crippen molar-refractivity contribution in [1.29, 1.82) is 0 Å². The van der Waals surface area contributed by atoms with Crippen molar-refractivity contribution >= 4 is 45.2 Å². The molecule has 0 amide bonds. The van der Waals surface area contributed by atoms with E-state index in [0.717, 1.165) is 32.0 Å². The van der Waals surface area contributed by atoms with Crippen LogP contribution < -0.4 is 14.2 Å². The van der Waals surface area contributed by atoms with Gasteiger partial charge in [0.2, 0.25) is 10.0 Å². The highest BCUT2D eigenvalue weighted by Crippen LogP contribution is 2.36. The van der Waals surface area contributed by atoms with Crippen LogP contribution in [0, 0.1) is 11.7 Å². The fourth-order valence-corrected chi connectivity index (χ4v) is 8.18. The summed E-state index contributed by atoms with van der Waals surface area (Å²) in [5.74, 6) is -1.19. The van der Waals surface area contributed by atoms with Gasteiger partial charge in [0.05, 0.1) is 34.7 Å². The smallest absolute Gasteiger partial charge is 0.338 e. The van der Waals surface area contributed by atoms with Gasteiger partial charge in [-0.25, -0.2) is 22.4 Å². The Labute approximate surface area is 311 Å². The minimum Gasteiger partial charge on any atom is -0.493 e. The molecule has 15 heteroatoms. The Morgan fingerprint density at radius 3 is 2.25 bits per heavy atom. The summed E-state index contributed by atoms with van der Waals surface area (Å²) in [6, 6.07) is 13.6. The molecule has 0 radical (unpaired) electrons. The molecule has 3 atom stereocenters. The number of benzene rings is 3. The number of nitrogens with zero attached hydrogens (tertiary/aromatic N) is 2. The number of esters is 2. The maximum Gasteiger partial charge on any atom is 0.338 e. The Morgan fingerprint density at radius 1 is 0.942 bits per heavy atom. The van der Waals surface area contributed by atoms with Crippen LogP contribution in [0.4, 0.5) is 4.39 Å². The first kappa shape index (κ1) is 37.5. The van der Waals surface area contributed by atoms with Gasteiger partial charge >= 0.3 is 11.9 Å². The molecule has 1 N–H and O–H groups in total. The highest BCUT2D eigenvalue weighted by molar-refractivity contribution is 7.89. The van der Waals surface area contributed by atoms with Gasteiger partial charge in [-0.05, 0) is 97.1 Å². The van der Waals surface area contributed by atoms with Gasteiger partial charge in [-0.15, -0.1) is 0 Å². The van der Waals surface area contributed by atoms with E-state index in [1.54, 1.807) is 18.2 Å². The number of fused-ring (bicyclic) bond motifs is 3. The molecule has 1 aromatic heterocycles. The van der Waals surface area contributed by atoms with E-state index in [0.29, 0.717) is 29.2 Å². The van der Waals surface area contributed by atoms with E-state index in [-0.39, 0.29) is 38.4 Å². The number of hydrogen-bond donors (Lipinski definition) is 1. The highest BCUT2D eigenvalue weighted by Gasteiger charge is 2.39. The number of pyridine rings is 1. The van der Waals surface area contributed by atoms with E-state index < -0.39 is 46.0 Å². The third-order valence-electron chi connectivity index (χ3n) is 9.33. The minimum atomic E-state index is -4.39. The number of hydrogen-bond acceptors (Lipinski definition) is 10.